The maximum Gasteiger partial charge on any atom is 0.0751 e. The maximum absolute atomic E-state index is 10.9. The van der Waals surface area contributed by atoms with Crippen molar-refractivity contribution < 1.29 is 5.11 Å². The van der Waals surface area contributed by atoms with E-state index in [1.807, 2.05) is 0 Å². The van der Waals surface area contributed by atoms with Gasteiger partial charge in [-0.15, -0.1) is 0 Å². The molecule has 1 aliphatic carbocycles. The molecule has 1 aliphatic rings. The van der Waals surface area contributed by atoms with Crippen LogP contribution in [0.2, 0.25) is 0 Å². The Morgan fingerprint density at radius 3 is 1.88 bits per heavy atom. The number of hydrogen-bond donors (Lipinski definition) is 1. The second kappa shape index (κ2) is 6.75. The van der Waals surface area contributed by atoms with E-state index in [1.54, 1.807) is 0 Å². The van der Waals surface area contributed by atoms with Crippen molar-refractivity contribution in [1.82, 2.24) is 4.90 Å². The Morgan fingerprint density at radius 1 is 1.06 bits per heavy atom. The molecule has 1 N–H and O–H groups in total. The number of aliphatic hydroxyl groups is 1. The van der Waals surface area contributed by atoms with E-state index >= 15 is 0 Å². The molecule has 0 radical (unpaired) electrons. The summed E-state index contributed by atoms with van der Waals surface area (Å²) in [5.41, 5.74) is 0.0124. The molecule has 1 saturated carbocycles. The molecule has 0 aliphatic heterocycles. The summed E-state index contributed by atoms with van der Waals surface area (Å²) in [5, 5.41) is 10.9. The third-order valence-electron chi connectivity index (χ3n) is 5.01. The van der Waals surface area contributed by atoms with E-state index in [9.17, 15) is 5.11 Å². The Morgan fingerprint density at radius 2 is 1.53 bits per heavy atom. The van der Waals surface area contributed by atoms with Gasteiger partial charge < -0.3 is 5.11 Å². The smallest absolute Gasteiger partial charge is 0.0751 e. The van der Waals surface area contributed by atoms with Gasteiger partial charge in [-0.2, -0.15) is 0 Å². The molecule has 1 fully saturated rings. The van der Waals surface area contributed by atoms with Crippen LogP contribution in [0.15, 0.2) is 0 Å². The summed E-state index contributed by atoms with van der Waals surface area (Å²) in [6.07, 6.45) is 7.05. The van der Waals surface area contributed by atoms with Crippen molar-refractivity contribution in [1.29, 1.82) is 0 Å². The van der Waals surface area contributed by atoms with Gasteiger partial charge in [0.15, 0.2) is 0 Å². The summed E-state index contributed by atoms with van der Waals surface area (Å²) in [7, 11) is 0. The van der Waals surface area contributed by atoms with Gasteiger partial charge in [0.1, 0.15) is 0 Å². The van der Waals surface area contributed by atoms with E-state index < -0.39 is 0 Å². The highest BCUT2D eigenvalue weighted by Crippen LogP contribution is 2.38. The summed E-state index contributed by atoms with van der Waals surface area (Å²) < 4.78 is 0. The van der Waals surface area contributed by atoms with Crippen LogP contribution in [0.3, 0.4) is 0 Å². The van der Waals surface area contributed by atoms with Crippen molar-refractivity contribution in [2.75, 3.05) is 13.1 Å². The van der Waals surface area contributed by atoms with Gasteiger partial charge in [-0.05, 0) is 44.7 Å². The van der Waals surface area contributed by atoms with Gasteiger partial charge in [-0.3, -0.25) is 4.90 Å². The Kier molecular flexibility index (Phi) is 5.94. The number of rotatable bonds is 7. The molecule has 102 valence electrons. The summed E-state index contributed by atoms with van der Waals surface area (Å²) in [6.45, 7) is 11.0. The molecule has 0 aromatic heterocycles. The lowest BCUT2D eigenvalue weighted by Crippen LogP contribution is -2.58. The fourth-order valence-electron chi connectivity index (χ4n) is 3.87. The van der Waals surface area contributed by atoms with Crippen LogP contribution in [0.1, 0.15) is 66.2 Å². The molecule has 0 saturated heterocycles. The first-order valence-corrected chi connectivity index (χ1v) is 7.59. The molecule has 0 heterocycles. The molecule has 1 atom stereocenters. The standard InChI is InChI=1S/C15H31NO/c1-5-15(6-2,16(7-3)8-4)14(17)13-11-9-10-12-13/h13-14,17H,5-12H2,1-4H3. The fourth-order valence-corrected chi connectivity index (χ4v) is 3.87. The number of aliphatic hydroxyl groups excluding tert-OH is 1. The lowest BCUT2D eigenvalue weighted by Gasteiger charge is -2.47. The third kappa shape index (κ3) is 2.85. The topological polar surface area (TPSA) is 23.5 Å². The molecule has 0 aromatic carbocycles. The van der Waals surface area contributed by atoms with Crippen LogP contribution >= 0.6 is 0 Å². The predicted molar refractivity (Wildman–Crippen MR) is 74.2 cm³/mol. The van der Waals surface area contributed by atoms with Gasteiger partial charge in [0.2, 0.25) is 0 Å². The number of hydrogen-bond acceptors (Lipinski definition) is 2. The molecule has 1 rings (SSSR count). The molecular formula is C15H31NO. The Balaban J connectivity index is 2.87. The summed E-state index contributed by atoms with van der Waals surface area (Å²) in [6, 6.07) is 0. The minimum atomic E-state index is -0.139. The summed E-state index contributed by atoms with van der Waals surface area (Å²) in [5.74, 6) is 0.537. The van der Waals surface area contributed by atoms with Gasteiger partial charge in [-0.25, -0.2) is 0 Å². The lowest BCUT2D eigenvalue weighted by molar-refractivity contribution is -0.0629. The van der Waals surface area contributed by atoms with E-state index in [-0.39, 0.29) is 11.6 Å². The fraction of sp³-hybridized carbons (Fsp3) is 1.00. The lowest BCUT2D eigenvalue weighted by atomic mass is 9.77. The molecule has 2 nitrogen and oxygen atoms in total. The van der Waals surface area contributed by atoms with Crippen LogP contribution in [0.25, 0.3) is 0 Å². The summed E-state index contributed by atoms with van der Waals surface area (Å²) in [4.78, 5) is 2.48. The largest absolute Gasteiger partial charge is 0.391 e. The number of nitrogens with zero attached hydrogens (tertiary/aromatic N) is 1. The van der Waals surface area contributed by atoms with Crippen molar-refractivity contribution >= 4 is 0 Å². The van der Waals surface area contributed by atoms with Crippen LogP contribution < -0.4 is 0 Å². The van der Waals surface area contributed by atoms with Crippen molar-refractivity contribution in [3.05, 3.63) is 0 Å². The van der Waals surface area contributed by atoms with Crippen LogP contribution in [-0.4, -0.2) is 34.7 Å². The Labute approximate surface area is 107 Å². The Bertz CT molecular complexity index is 203. The monoisotopic (exact) mass is 241 g/mol. The highest BCUT2D eigenvalue weighted by Gasteiger charge is 2.43. The molecule has 0 bridgehead atoms. The van der Waals surface area contributed by atoms with Crippen LogP contribution in [0.5, 0.6) is 0 Å². The first-order valence-electron chi connectivity index (χ1n) is 7.59. The van der Waals surface area contributed by atoms with Crippen LogP contribution in [0, 0.1) is 5.92 Å². The maximum atomic E-state index is 10.9. The second-order valence-corrected chi connectivity index (χ2v) is 5.47. The zero-order valence-electron chi connectivity index (χ0n) is 12.2. The summed E-state index contributed by atoms with van der Waals surface area (Å²) >= 11 is 0. The molecule has 2 heteroatoms. The SMILES string of the molecule is CCN(CC)C(CC)(CC)C(O)C1CCCC1. The van der Waals surface area contributed by atoms with Gasteiger partial charge in [-0.1, -0.05) is 40.5 Å². The Hall–Kier alpha value is -0.0800. The third-order valence-corrected chi connectivity index (χ3v) is 5.01. The average Bonchev–Trinajstić information content (AvgIpc) is 2.89. The van der Waals surface area contributed by atoms with E-state index in [4.69, 9.17) is 0 Å². The molecule has 0 aromatic rings. The average molecular weight is 241 g/mol. The molecule has 0 spiro atoms. The van der Waals surface area contributed by atoms with E-state index in [2.05, 4.69) is 32.6 Å². The van der Waals surface area contributed by atoms with E-state index in [1.165, 1.54) is 25.7 Å². The normalized spacial score (nSPS) is 20.1. The molecule has 0 amide bonds. The van der Waals surface area contributed by atoms with Crippen LogP contribution in [0.4, 0.5) is 0 Å². The van der Waals surface area contributed by atoms with Crippen LogP contribution in [-0.2, 0) is 0 Å². The molecular weight excluding hydrogens is 210 g/mol. The molecule has 1 unspecified atom stereocenters. The predicted octanol–water partition coefficient (Wildman–Crippen LogP) is 3.44. The highest BCUT2D eigenvalue weighted by atomic mass is 16.3. The van der Waals surface area contributed by atoms with E-state index in [0.717, 1.165) is 25.9 Å². The van der Waals surface area contributed by atoms with E-state index in [0.29, 0.717) is 5.92 Å². The molecule has 17 heavy (non-hydrogen) atoms. The minimum Gasteiger partial charge on any atom is -0.391 e. The zero-order chi connectivity index (χ0) is 12.9. The van der Waals surface area contributed by atoms with Crippen molar-refractivity contribution in [3.63, 3.8) is 0 Å². The van der Waals surface area contributed by atoms with Crippen molar-refractivity contribution in [3.8, 4) is 0 Å². The van der Waals surface area contributed by atoms with Gasteiger partial charge in [0.05, 0.1) is 6.10 Å². The minimum absolute atomic E-state index is 0.0124. The quantitative estimate of drug-likeness (QED) is 0.738. The highest BCUT2D eigenvalue weighted by molar-refractivity contribution is 4.98. The van der Waals surface area contributed by atoms with Gasteiger partial charge in [0.25, 0.3) is 0 Å². The van der Waals surface area contributed by atoms with Crippen molar-refractivity contribution in [2.45, 2.75) is 77.9 Å². The van der Waals surface area contributed by atoms with Gasteiger partial charge in [0, 0.05) is 5.54 Å². The van der Waals surface area contributed by atoms with Gasteiger partial charge >= 0.3 is 0 Å². The van der Waals surface area contributed by atoms with Crippen molar-refractivity contribution in [2.24, 2.45) is 5.92 Å². The second-order valence-electron chi connectivity index (χ2n) is 5.47. The zero-order valence-corrected chi connectivity index (χ0v) is 12.2. The first-order chi connectivity index (χ1) is 8.16. The first kappa shape index (κ1) is 15.0. The number of likely N-dealkylation sites (N-methyl/N-ethyl adjacent to an activating group) is 1.